The van der Waals surface area contributed by atoms with Crippen molar-refractivity contribution in [3.05, 3.63) is 62.8 Å². The van der Waals surface area contributed by atoms with Crippen molar-refractivity contribution >= 4 is 43.9 Å². The molecule has 1 aliphatic rings. The van der Waals surface area contributed by atoms with E-state index in [0.29, 0.717) is 28.1 Å². The van der Waals surface area contributed by atoms with Gasteiger partial charge in [0, 0.05) is 10.5 Å². The molecule has 3 aromatic rings. The number of benzene rings is 2. The lowest BCUT2D eigenvalue weighted by Gasteiger charge is -2.22. The third kappa shape index (κ3) is 3.23. The molecule has 2 aromatic carbocycles. The van der Waals surface area contributed by atoms with E-state index in [4.69, 9.17) is 14.9 Å². The molecule has 1 aromatic heterocycles. The van der Waals surface area contributed by atoms with E-state index in [2.05, 4.69) is 25.9 Å². The van der Waals surface area contributed by atoms with Gasteiger partial charge in [-0.2, -0.15) is 0 Å². The second kappa shape index (κ2) is 7.25. The van der Waals surface area contributed by atoms with Gasteiger partial charge >= 0.3 is 0 Å². The van der Waals surface area contributed by atoms with Crippen molar-refractivity contribution in [2.24, 2.45) is 0 Å². The van der Waals surface area contributed by atoms with Gasteiger partial charge in [-0.25, -0.2) is 4.98 Å². The fourth-order valence-electron chi connectivity index (χ4n) is 3.27. The van der Waals surface area contributed by atoms with E-state index in [-0.39, 0.29) is 35.1 Å². The molecule has 3 N–H and O–H groups in total. The van der Waals surface area contributed by atoms with E-state index in [1.165, 1.54) is 7.11 Å². The summed E-state index contributed by atoms with van der Waals surface area (Å²) >= 11 is 3.34. The average molecular weight is 457 g/mol. The Morgan fingerprint density at radius 2 is 2.00 bits per heavy atom. The van der Waals surface area contributed by atoms with E-state index >= 15 is 0 Å². The predicted octanol–water partition coefficient (Wildman–Crippen LogP) is 3.47. The Hall–Kier alpha value is -3.33. The van der Waals surface area contributed by atoms with Crippen molar-refractivity contribution in [3.8, 4) is 11.5 Å². The highest BCUT2D eigenvalue weighted by Gasteiger charge is 2.33. The summed E-state index contributed by atoms with van der Waals surface area (Å²) < 4.78 is 11.4. The summed E-state index contributed by atoms with van der Waals surface area (Å²) in [6.07, 6.45) is 0. The zero-order valence-corrected chi connectivity index (χ0v) is 17.2. The lowest BCUT2D eigenvalue weighted by atomic mass is 10.2. The molecule has 29 heavy (non-hydrogen) atoms. The number of methoxy groups -OCH3 is 2. The van der Waals surface area contributed by atoms with Gasteiger partial charge in [-0.05, 0) is 30.3 Å². The SMILES string of the molecule is COc1ccc(OC)c(N2CC(O)=C(c3nc4ccc(Br)cc4c(=O)[nH]3)C2=N)c1. The van der Waals surface area contributed by atoms with Gasteiger partial charge in [-0.3, -0.25) is 10.2 Å². The molecule has 9 heteroatoms. The Labute approximate surface area is 174 Å². The molecule has 0 fully saturated rings. The summed E-state index contributed by atoms with van der Waals surface area (Å²) in [7, 11) is 3.07. The molecule has 0 unspecified atom stereocenters. The number of ether oxygens (including phenoxy) is 2. The Morgan fingerprint density at radius 3 is 2.72 bits per heavy atom. The quantitative estimate of drug-likeness (QED) is 0.554. The minimum atomic E-state index is -0.350. The number of H-pyrrole nitrogens is 1. The second-order valence-electron chi connectivity index (χ2n) is 6.37. The number of nitrogens with one attached hydrogen (secondary N) is 2. The molecule has 1 aliphatic heterocycles. The van der Waals surface area contributed by atoms with Gasteiger partial charge in [0.15, 0.2) is 0 Å². The van der Waals surface area contributed by atoms with Crippen LogP contribution in [0.3, 0.4) is 0 Å². The third-order valence-corrected chi connectivity index (χ3v) is 5.18. The van der Waals surface area contributed by atoms with Crippen LogP contribution in [0.4, 0.5) is 5.69 Å². The van der Waals surface area contributed by atoms with E-state index in [9.17, 15) is 9.90 Å². The number of aromatic nitrogens is 2. The maximum absolute atomic E-state index is 12.5. The summed E-state index contributed by atoms with van der Waals surface area (Å²) in [4.78, 5) is 21.2. The van der Waals surface area contributed by atoms with Crippen LogP contribution in [-0.4, -0.2) is 41.7 Å². The first-order chi connectivity index (χ1) is 13.9. The summed E-state index contributed by atoms with van der Waals surface area (Å²) in [6.45, 7) is 0.0414. The van der Waals surface area contributed by atoms with Crippen LogP contribution in [0.2, 0.25) is 0 Å². The van der Waals surface area contributed by atoms with Gasteiger partial charge in [0.1, 0.15) is 28.9 Å². The molecule has 0 bridgehead atoms. The van der Waals surface area contributed by atoms with E-state index in [1.54, 1.807) is 48.4 Å². The highest BCUT2D eigenvalue weighted by molar-refractivity contribution is 9.10. The Morgan fingerprint density at radius 1 is 1.21 bits per heavy atom. The lowest BCUT2D eigenvalue weighted by Crippen LogP contribution is -2.27. The van der Waals surface area contributed by atoms with Gasteiger partial charge in [-0.1, -0.05) is 15.9 Å². The van der Waals surface area contributed by atoms with Crippen molar-refractivity contribution in [3.63, 3.8) is 0 Å². The normalized spacial score (nSPS) is 14.0. The fourth-order valence-corrected chi connectivity index (χ4v) is 3.63. The van der Waals surface area contributed by atoms with Crippen LogP contribution in [0.25, 0.3) is 16.5 Å². The number of amidine groups is 1. The highest BCUT2D eigenvalue weighted by atomic mass is 79.9. The van der Waals surface area contributed by atoms with Crippen molar-refractivity contribution < 1.29 is 14.6 Å². The number of hydrogen-bond acceptors (Lipinski definition) is 6. The fraction of sp³-hybridized carbons (Fsp3) is 0.150. The number of aromatic amines is 1. The molecule has 0 atom stereocenters. The van der Waals surface area contributed by atoms with Crippen LogP contribution < -0.4 is 19.9 Å². The molecule has 8 nitrogen and oxygen atoms in total. The number of hydrogen-bond donors (Lipinski definition) is 3. The van der Waals surface area contributed by atoms with Gasteiger partial charge in [0.25, 0.3) is 5.56 Å². The average Bonchev–Trinajstić information content (AvgIpc) is 3.01. The smallest absolute Gasteiger partial charge is 0.259 e. The summed E-state index contributed by atoms with van der Waals surface area (Å²) in [5, 5.41) is 19.6. The Bertz CT molecular complexity index is 1230. The molecule has 0 saturated heterocycles. The topological polar surface area (TPSA) is 112 Å². The number of anilines is 1. The van der Waals surface area contributed by atoms with Gasteiger partial charge < -0.3 is 24.5 Å². The largest absolute Gasteiger partial charge is 0.509 e. The zero-order valence-electron chi connectivity index (χ0n) is 15.6. The first-order valence-electron chi connectivity index (χ1n) is 8.63. The number of aliphatic hydroxyl groups excluding tert-OH is 1. The minimum absolute atomic E-state index is 0.00587. The van der Waals surface area contributed by atoms with Crippen LogP contribution in [-0.2, 0) is 0 Å². The standard InChI is InChI=1S/C20H17BrN4O4/c1-28-11-4-6-16(29-2)14(8-11)25-9-15(26)17(18(25)22)19-23-13-5-3-10(21)7-12(13)20(27)24-19/h3-8,22,26H,9H2,1-2H3,(H,23,24,27). The summed E-state index contributed by atoms with van der Waals surface area (Å²) in [5.74, 6) is 1.17. The third-order valence-electron chi connectivity index (χ3n) is 4.68. The molecule has 0 radical (unpaired) electrons. The minimum Gasteiger partial charge on any atom is -0.509 e. The maximum atomic E-state index is 12.5. The molecule has 4 rings (SSSR count). The summed E-state index contributed by atoms with van der Waals surface area (Å²) in [6, 6.07) is 10.4. The van der Waals surface area contributed by atoms with Crippen LogP contribution >= 0.6 is 15.9 Å². The molecular weight excluding hydrogens is 440 g/mol. The van der Waals surface area contributed by atoms with Gasteiger partial charge in [-0.15, -0.1) is 0 Å². The van der Waals surface area contributed by atoms with E-state index < -0.39 is 0 Å². The van der Waals surface area contributed by atoms with Crippen molar-refractivity contribution in [2.75, 3.05) is 25.7 Å². The van der Waals surface area contributed by atoms with Crippen molar-refractivity contribution in [2.45, 2.75) is 0 Å². The number of nitrogens with zero attached hydrogens (tertiary/aromatic N) is 2. The Kier molecular flexibility index (Phi) is 4.75. The molecule has 148 valence electrons. The van der Waals surface area contributed by atoms with Crippen LogP contribution in [0.15, 0.2) is 51.4 Å². The number of fused-ring (bicyclic) bond motifs is 1. The van der Waals surface area contributed by atoms with E-state index in [1.807, 2.05) is 0 Å². The molecular formula is C20H17BrN4O4. The van der Waals surface area contributed by atoms with Crippen molar-refractivity contribution in [1.29, 1.82) is 5.41 Å². The Balaban J connectivity index is 1.79. The zero-order chi connectivity index (χ0) is 20.7. The molecule has 2 heterocycles. The number of halogens is 1. The number of rotatable bonds is 4. The lowest BCUT2D eigenvalue weighted by molar-refractivity contribution is 0.400. The maximum Gasteiger partial charge on any atom is 0.259 e. The van der Waals surface area contributed by atoms with Crippen molar-refractivity contribution in [1.82, 2.24) is 9.97 Å². The first kappa shape index (κ1) is 19.0. The predicted molar refractivity (Wildman–Crippen MR) is 114 cm³/mol. The van der Waals surface area contributed by atoms with Crippen LogP contribution in [0.5, 0.6) is 11.5 Å². The monoisotopic (exact) mass is 456 g/mol. The second-order valence-corrected chi connectivity index (χ2v) is 7.29. The molecule has 0 spiro atoms. The molecule has 0 saturated carbocycles. The highest BCUT2D eigenvalue weighted by Crippen LogP contribution is 2.37. The first-order valence-corrected chi connectivity index (χ1v) is 9.42. The van der Waals surface area contributed by atoms with Crippen LogP contribution in [0.1, 0.15) is 5.82 Å². The van der Waals surface area contributed by atoms with Gasteiger partial charge in [0.05, 0.1) is 42.9 Å². The molecule has 0 aliphatic carbocycles. The number of aliphatic hydroxyl groups is 1. The van der Waals surface area contributed by atoms with Gasteiger partial charge in [0.2, 0.25) is 0 Å². The van der Waals surface area contributed by atoms with Crippen LogP contribution in [0, 0.1) is 5.41 Å². The summed E-state index contributed by atoms with van der Waals surface area (Å²) in [5.41, 5.74) is 0.844. The molecule has 0 amide bonds. The van der Waals surface area contributed by atoms with E-state index in [0.717, 1.165) is 4.47 Å².